The molecule has 1 fully saturated rings. The van der Waals surface area contributed by atoms with Crippen LogP contribution in [0.3, 0.4) is 0 Å². The third-order valence-corrected chi connectivity index (χ3v) is 5.33. The summed E-state index contributed by atoms with van der Waals surface area (Å²) in [6.07, 6.45) is 5.13. The van der Waals surface area contributed by atoms with E-state index in [0.717, 1.165) is 22.5 Å². The van der Waals surface area contributed by atoms with Crippen LogP contribution in [0.15, 0.2) is 24.4 Å². The van der Waals surface area contributed by atoms with Gasteiger partial charge in [-0.05, 0) is 58.1 Å². The number of hydrogen-bond donors (Lipinski definition) is 1. The van der Waals surface area contributed by atoms with Gasteiger partial charge in [-0.15, -0.1) is 0 Å². The molecule has 0 amide bonds. The zero-order valence-electron chi connectivity index (χ0n) is 18.0. The van der Waals surface area contributed by atoms with Crippen LogP contribution in [0.2, 0.25) is 10.0 Å². The topological polar surface area (TPSA) is 76.5 Å². The van der Waals surface area contributed by atoms with Gasteiger partial charge in [-0.25, -0.2) is 9.97 Å². The lowest BCUT2D eigenvalue weighted by Crippen LogP contribution is -2.10. The molecule has 0 radical (unpaired) electrons. The van der Waals surface area contributed by atoms with Crippen molar-refractivity contribution >= 4 is 35.3 Å². The van der Waals surface area contributed by atoms with Crippen LogP contribution in [0.4, 0.5) is 0 Å². The Kier molecular flexibility index (Phi) is 9.24. The molecule has 0 atom stereocenters. The Balaban J connectivity index is 0.000000340. The van der Waals surface area contributed by atoms with Crippen molar-refractivity contribution in [1.82, 2.24) is 19.3 Å². The molecule has 0 bridgehead atoms. The molecule has 2 N–H and O–H groups in total. The fraction of sp³-hybridized carbons (Fsp3) is 0.409. The zero-order chi connectivity index (χ0) is 22.3. The number of benzene rings is 1. The molecule has 1 aromatic carbocycles. The first-order valence-electron chi connectivity index (χ1n) is 10.1. The number of likely N-dealkylation sites (tertiary alicyclic amines) is 1. The highest BCUT2D eigenvalue weighted by atomic mass is 35.5. The number of fused-ring (bicyclic) bond motifs is 1. The number of carbonyl (C=O) groups excluding carboxylic acids is 1. The summed E-state index contributed by atoms with van der Waals surface area (Å²) in [5, 5.41) is 1.04. The van der Waals surface area contributed by atoms with Gasteiger partial charge in [-0.1, -0.05) is 37.0 Å². The number of halogens is 2. The van der Waals surface area contributed by atoms with Gasteiger partial charge in [-0.2, -0.15) is 0 Å². The van der Waals surface area contributed by atoms with Crippen molar-refractivity contribution in [3.05, 3.63) is 51.4 Å². The van der Waals surface area contributed by atoms with Crippen LogP contribution in [0.1, 0.15) is 48.4 Å². The average molecular weight is 450 g/mol. The highest BCUT2D eigenvalue weighted by Gasteiger charge is 2.17. The second-order valence-electron chi connectivity index (χ2n) is 6.82. The van der Waals surface area contributed by atoms with Gasteiger partial charge >= 0.3 is 0 Å². The van der Waals surface area contributed by atoms with E-state index in [4.69, 9.17) is 28.9 Å². The highest BCUT2D eigenvalue weighted by molar-refractivity contribution is 6.36. The Morgan fingerprint density at radius 2 is 1.83 bits per heavy atom. The number of nitrogens with zero attached hydrogens (tertiary/aromatic N) is 4. The number of carbonyl (C=O) groups is 1. The summed E-state index contributed by atoms with van der Waals surface area (Å²) in [6.45, 7) is 8.78. The van der Waals surface area contributed by atoms with Crippen LogP contribution >= 0.6 is 23.2 Å². The normalized spacial score (nSPS) is 13.4. The molecule has 2 aromatic heterocycles. The predicted octanol–water partition coefficient (Wildman–Crippen LogP) is 5.02. The summed E-state index contributed by atoms with van der Waals surface area (Å²) >= 11 is 12.3. The molecule has 1 saturated heterocycles. The van der Waals surface area contributed by atoms with Crippen molar-refractivity contribution < 1.29 is 4.79 Å². The van der Waals surface area contributed by atoms with E-state index in [9.17, 15) is 4.79 Å². The van der Waals surface area contributed by atoms with Crippen molar-refractivity contribution in [2.75, 3.05) is 20.1 Å². The van der Waals surface area contributed by atoms with Crippen LogP contribution in [0.5, 0.6) is 0 Å². The van der Waals surface area contributed by atoms with Gasteiger partial charge in [0.05, 0.1) is 10.7 Å². The van der Waals surface area contributed by atoms with E-state index in [0.29, 0.717) is 27.8 Å². The first kappa shape index (κ1) is 24.3. The molecule has 30 heavy (non-hydrogen) atoms. The van der Waals surface area contributed by atoms with Gasteiger partial charge in [0, 0.05) is 34.6 Å². The number of aryl methyl sites for hydroxylation is 1. The standard InChI is InChI=1S/C15H12Cl2N4O.C5H11N.C2H6/c1-8-12(5-18)14(11-3-2-9(16)4-13(11)17)21-6-10(7-22)20-15(21)19-8;1-6-4-2-3-5-6;1-2/h2-4,6-7H,5,18H2,1H3;2-5H2,1H3;1-2H3. The van der Waals surface area contributed by atoms with Gasteiger partial charge in [-0.3, -0.25) is 9.20 Å². The van der Waals surface area contributed by atoms with Crippen LogP contribution in [0.25, 0.3) is 17.0 Å². The SMILES string of the molecule is CC.CN1CCCC1.Cc1nc2nc(C=O)cn2c(-c2ccc(Cl)cc2Cl)c1CN. The van der Waals surface area contributed by atoms with Crippen molar-refractivity contribution in [2.45, 2.75) is 40.2 Å². The maximum absolute atomic E-state index is 11.0. The van der Waals surface area contributed by atoms with Crippen LogP contribution in [-0.4, -0.2) is 45.7 Å². The molecule has 3 aromatic rings. The molecule has 6 nitrogen and oxygen atoms in total. The molecular formula is C22H29Cl2N5O. The summed E-state index contributed by atoms with van der Waals surface area (Å²) in [5.41, 5.74) is 9.31. The second kappa shape index (κ2) is 11.4. The molecule has 3 heterocycles. The Morgan fingerprint density at radius 3 is 2.33 bits per heavy atom. The van der Waals surface area contributed by atoms with E-state index in [2.05, 4.69) is 21.9 Å². The lowest BCUT2D eigenvalue weighted by Gasteiger charge is -2.14. The molecule has 162 valence electrons. The Hall–Kier alpha value is -1.99. The van der Waals surface area contributed by atoms with Gasteiger partial charge in [0.2, 0.25) is 5.78 Å². The third kappa shape index (κ3) is 5.58. The first-order chi connectivity index (χ1) is 14.4. The average Bonchev–Trinajstić information content (AvgIpc) is 3.38. The minimum atomic E-state index is 0.289. The van der Waals surface area contributed by atoms with E-state index in [1.54, 1.807) is 22.7 Å². The third-order valence-electron chi connectivity index (χ3n) is 4.78. The maximum Gasteiger partial charge on any atom is 0.235 e. The number of nitrogens with two attached hydrogens (primary N) is 1. The second-order valence-corrected chi connectivity index (χ2v) is 7.66. The molecule has 1 aliphatic heterocycles. The van der Waals surface area contributed by atoms with Crippen molar-refractivity contribution in [1.29, 1.82) is 0 Å². The smallest absolute Gasteiger partial charge is 0.235 e. The molecule has 0 unspecified atom stereocenters. The van der Waals surface area contributed by atoms with Crippen molar-refractivity contribution in [3.8, 4) is 11.3 Å². The maximum atomic E-state index is 11.0. The van der Waals surface area contributed by atoms with E-state index in [1.165, 1.54) is 25.9 Å². The number of aldehydes is 1. The van der Waals surface area contributed by atoms with E-state index >= 15 is 0 Å². The van der Waals surface area contributed by atoms with E-state index in [1.807, 2.05) is 26.8 Å². The molecule has 0 aliphatic carbocycles. The number of hydrogen-bond acceptors (Lipinski definition) is 5. The molecule has 0 spiro atoms. The van der Waals surface area contributed by atoms with Gasteiger partial charge in [0.1, 0.15) is 5.69 Å². The molecule has 0 saturated carbocycles. The lowest BCUT2D eigenvalue weighted by atomic mass is 10.0. The van der Waals surface area contributed by atoms with Crippen LogP contribution in [-0.2, 0) is 6.54 Å². The molecule has 8 heteroatoms. The summed E-state index contributed by atoms with van der Waals surface area (Å²) in [4.78, 5) is 21.9. The quantitative estimate of drug-likeness (QED) is 0.567. The summed E-state index contributed by atoms with van der Waals surface area (Å²) in [7, 11) is 2.17. The van der Waals surface area contributed by atoms with Crippen LogP contribution < -0.4 is 5.73 Å². The van der Waals surface area contributed by atoms with Gasteiger partial charge in [0.15, 0.2) is 6.29 Å². The van der Waals surface area contributed by atoms with E-state index in [-0.39, 0.29) is 6.54 Å². The van der Waals surface area contributed by atoms with Crippen molar-refractivity contribution in [2.24, 2.45) is 5.73 Å². The Morgan fingerprint density at radius 1 is 1.17 bits per heavy atom. The molecule has 4 rings (SSSR count). The zero-order valence-corrected chi connectivity index (χ0v) is 19.5. The van der Waals surface area contributed by atoms with Gasteiger partial charge < -0.3 is 10.6 Å². The van der Waals surface area contributed by atoms with Gasteiger partial charge in [0.25, 0.3) is 0 Å². The largest absolute Gasteiger partial charge is 0.326 e. The minimum Gasteiger partial charge on any atom is -0.326 e. The summed E-state index contributed by atoms with van der Waals surface area (Å²) in [5.74, 6) is 0.429. The predicted molar refractivity (Wildman–Crippen MR) is 125 cm³/mol. The Bertz CT molecular complexity index is 997. The lowest BCUT2D eigenvalue weighted by molar-refractivity contribution is 0.111. The highest BCUT2D eigenvalue weighted by Crippen LogP contribution is 2.33. The monoisotopic (exact) mass is 449 g/mol. The molecular weight excluding hydrogens is 421 g/mol. The minimum absolute atomic E-state index is 0.289. The first-order valence-corrected chi connectivity index (χ1v) is 10.9. The van der Waals surface area contributed by atoms with Crippen molar-refractivity contribution in [3.63, 3.8) is 0 Å². The summed E-state index contributed by atoms with van der Waals surface area (Å²) in [6, 6.07) is 5.23. The fourth-order valence-corrected chi connectivity index (χ4v) is 3.81. The number of imidazole rings is 1. The summed E-state index contributed by atoms with van der Waals surface area (Å²) < 4.78 is 1.73. The van der Waals surface area contributed by atoms with E-state index < -0.39 is 0 Å². The fourth-order valence-electron chi connectivity index (χ4n) is 3.32. The number of rotatable bonds is 3. The molecule has 1 aliphatic rings. The van der Waals surface area contributed by atoms with Crippen LogP contribution in [0, 0.1) is 6.92 Å². The Labute approximate surface area is 188 Å². The number of aromatic nitrogens is 3.